The summed E-state index contributed by atoms with van der Waals surface area (Å²) in [5, 5.41) is 19.5. The van der Waals surface area contributed by atoms with Gasteiger partial charge in [-0.1, -0.05) is 97.1 Å². The van der Waals surface area contributed by atoms with Gasteiger partial charge < -0.3 is 21.3 Å². The number of hydrogen-bond acceptors (Lipinski definition) is 4. The molecule has 49 heavy (non-hydrogen) atoms. The molecule has 0 saturated carbocycles. The van der Waals surface area contributed by atoms with Crippen molar-refractivity contribution in [2.45, 2.75) is 6.42 Å². The molecule has 8 aromatic rings. The zero-order valence-electron chi connectivity index (χ0n) is 27.0. The fourth-order valence-corrected chi connectivity index (χ4v) is 6.44. The average Bonchev–Trinajstić information content (AvgIpc) is 3.15. The summed E-state index contributed by atoms with van der Waals surface area (Å²) >= 11 is 0. The zero-order valence-corrected chi connectivity index (χ0v) is 27.0. The van der Waals surface area contributed by atoms with Crippen LogP contribution in [0.3, 0.4) is 0 Å². The van der Waals surface area contributed by atoms with Gasteiger partial charge in [0.05, 0.1) is 0 Å². The van der Waals surface area contributed by atoms with E-state index in [0.29, 0.717) is 6.42 Å². The van der Waals surface area contributed by atoms with E-state index in [1.54, 1.807) is 0 Å². The summed E-state index contributed by atoms with van der Waals surface area (Å²) in [5.74, 6) is 0. The first-order valence-electron chi connectivity index (χ1n) is 16.6. The van der Waals surface area contributed by atoms with E-state index in [9.17, 15) is 0 Å². The topological polar surface area (TPSA) is 48.1 Å². The lowest BCUT2D eigenvalue weighted by molar-refractivity contribution is 1.23. The van der Waals surface area contributed by atoms with E-state index in [4.69, 9.17) is 0 Å². The SMILES string of the molecule is c1ccc(Nc2ccc3ccc(Nc4ccccc4)c(Cc4c(Nc5ccccc5)ccc5ccc(Nc6ccccc6)cc45)c3c2)cc1. The van der Waals surface area contributed by atoms with Crippen molar-refractivity contribution < 1.29 is 0 Å². The first-order chi connectivity index (χ1) is 24.2. The van der Waals surface area contributed by atoms with Gasteiger partial charge in [0.15, 0.2) is 0 Å². The van der Waals surface area contributed by atoms with Gasteiger partial charge in [-0.25, -0.2) is 0 Å². The summed E-state index contributed by atoms with van der Waals surface area (Å²) in [6, 6.07) is 63.7. The molecular formula is C45H36N4. The molecule has 0 heterocycles. The molecule has 0 atom stereocenters. The van der Waals surface area contributed by atoms with E-state index in [0.717, 1.165) is 45.5 Å². The molecule has 0 aliphatic heterocycles. The maximum Gasteiger partial charge on any atom is 0.0426 e. The highest BCUT2D eigenvalue weighted by Crippen LogP contribution is 2.38. The Hall–Kier alpha value is -6.52. The highest BCUT2D eigenvalue weighted by atomic mass is 14.9. The van der Waals surface area contributed by atoms with E-state index in [2.05, 4.69) is 179 Å². The number of rotatable bonds is 10. The molecule has 0 saturated heterocycles. The second-order valence-electron chi connectivity index (χ2n) is 12.2. The van der Waals surface area contributed by atoms with E-state index < -0.39 is 0 Å². The van der Waals surface area contributed by atoms with Gasteiger partial charge >= 0.3 is 0 Å². The lowest BCUT2D eigenvalue weighted by atomic mass is 9.91. The fourth-order valence-electron chi connectivity index (χ4n) is 6.44. The lowest BCUT2D eigenvalue weighted by Gasteiger charge is -2.20. The molecule has 8 rings (SSSR count). The third kappa shape index (κ3) is 6.80. The third-order valence-corrected chi connectivity index (χ3v) is 8.85. The Morgan fingerprint density at radius 2 is 0.612 bits per heavy atom. The third-order valence-electron chi connectivity index (χ3n) is 8.85. The Balaban J connectivity index is 1.30. The molecule has 236 valence electrons. The Labute approximate surface area is 287 Å². The van der Waals surface area contributed by atoms with Crippen molar-refractivity contribution in [2.24, 2.45) is 0 Å². The molecule has 0 radical (unpaired) electrons. The largest absolute Gasteiger partial charge is 0.356 e. The van der Waals surface area contributed by atoms with Crippen LogP contribution in [0.1, 0.15) is 11.1 Å². The van der Waals surface area contributed by atoms with Crippen LogP contribution in [0.4, 0.5) is 45.5 Å². The van der Waals surface area contributed by atoms with Crippen LogP contribution in [0, 0.1) is 0 Å². The smallest absolute Gasteiger partial charge is 0.0426 e. The second-order valence-corrected chi connectivity index (χ2v) is 12.2. The van der Waals surface area contributed by atoms with Gasteiger partial charge in [0, 0.05) is 51.9 Å². The molecule has 4 N–H and O–H groups in total. The molecule has 0 unspecified atom stereocenters. The minimum absolute atomic E-state index is 0.697. The molecule has 0 aliphatic carbocycles. The predicted molar refractivity (Wildman–Crippen MR) is 210 cm³/mol. The average molecular weight is 633 g/mol. The molecule has 0 amide bonds. The van der Waals surface area contributed by atoms with E-state index in [1.807, 2.05) is 24.3 Å². The van der Waals surface area contributed by atoms with Gasteiger partial charge in [-0.2, -0.15) is 0 Å². The number of fused-ring (bicyclic) bond motifs is 2. The monoisotopic (exact) mass is 632 g/mol. The quantitative estimate of drug-likeness (QED) is 0.121. The molecular weight excluding hydrogens is 597 g/mol. The van der Waals surface area contributed by atoms with Gasteiger partial charge in [-0.15, -0.1) is 0 Å². The first kappa shape index (κ1) is 29.9. The van der Waals surface area contributed by atoms with Crippen molar-refractivity contribution in [2.75, 3.05) is 21.3 Å². The molecule has 0 spiro atoms. The Bertz CT molecular complexity index is 2160. The maximum atomic E-state index is 3.76. The van der Waals surface area contributed by atoms with Crippen LogP contribution >= 0.6 is 0 Å². The molecule has 4 heteroatoms. The minimum Gasteiger partial charge on any atom is -0.356 e. The van der Waals surface area contributed by atoms with Gasteiger partial charge in [0.1, 0.15) is 0 Å². The maximum absolute atomic E-state index is 3.76. The molecule has 8 aromatic carbocycles. The molecule has 0 fully saturated rings. The van der Waals surface area contributed by atoms with Crippen molar-refractivity contribution in [3.63, 3.8) is 0 Å². The van der Waals surface area contributed by atoms with Crippen molar-refractivity contribution >= 4 is 67.0 Å². The predicted octanol–water partition coefficient (Wildman–Crippen LogP) is 12.6. The minimum atomic E-state index is 0.697. The second kappa shape index (κ2) is 13.7. The number of para-hydroxylation sites is 4. The summed E-state index contributed by atoms with van der Waals surface area (Å²) in [7, 11) is 0. The van der Waals surface area contributed by atoms with Crippen molar-refractivity contribution in [3.05, 3.63) is 193 Å². The Morgan fingerprint density at radius 3 is 0.980 bits per heavy atom. The van der Waals surface area contributed by atoms with Crippen LogP contribution < -0.4 is 21.3 Å². The van der Waals surface area contributed by atoms with Crippen LogP contribution in [0.25, 0.3) is 21.5 Å². The fraction of sp³-hybridized carbons (Fsp3) is 0.0222. The molecule has 0 aromatic heterocycles. The van der Waals surface area contributed by atoms with E-state index in [-0.39, 0.29) is 0 Å². The van der Waals surface area contributed by atoms with Crippen LogP contribution in [-0.4, -0.2) is 0 Å². The molecule has 4 nitrogen and oxygen atoms in total. The van der Waals surface area contributed by atoms with Crippen LogP contribution in [-0.2, 0) is 6.42 Å². The highest BCUT2D eigenvalue weighted by molar-refractivity contribution is 5.98. The van der Waals surface area contributed by atoms with Crippen LogP contribution in [0.5, 0.6) is 0 Å². The standard InChI is InChI=1S/C45H36N4/c1-5-13-34(14-6-1)46-38-25-21-32-23-27-44(48-36-17-9-3-10-18-36)42(40(32)29-38)31-43-41-30-39(47-35-15-7-2-8-16-35)26-22-33(41)24-28-45(43)49-37-19-11-4-12-20-37/h1-30,46-49H,31H2. The zero-order chi connectivity index (χ0) is 32.8. The van der Waals surface area contributed by atoms with Gasteiger partial charge in [0.25, 0.3) is 0 Å². The highest BCUT2D eigenvalue weighted by Gasteiger charge is 2.16. The number of hydrogen-bond donors (Lipinski definition) is 4. The number of anilines is 8. The van der Waals surface area contributed by atoms with Gasteiger partial charge in [0.2, 0.25) is 0 Å². The summed E-state index contributed by atoms with van der Waals surface area (Å²) in [6.45, 7) is 0. The summed E-state index contributed by atoms with van der Waals surface area (Å²) < 4.78 is 0. The van der Waals surface area contributed by atoms with Crippen molar-refractivity contribution in [1.29, 1.82) is 0 Å². The summed E-state index contributed by atoms with van der Waals surface area (Å²) in [6.07, 6.45) is 0.697. The normalized spacial score (nSPS) is 10.9. The number of benzene rings is 8. The molecule has 0 bridgehead atoms. The van der Waals surface area contributed by atoms with Crippen molar-refractivity contribution in [3.8, 4) is 0 Å². The number of nitrogens with one attached hydrogen (secondary N) is 4. The van der Waals surface area contributed by atoms with Crippen molar-refractivity contribution in [1.82, 2.24) is 0 Å². The summed E-state index contributed by atoms with van der Waals surface area (Å²) in [5.41, 5.74) is 10.9. The first-order valence-corrected chi connectivity index (χ1v) is 16.6. The summed E-state index contributed by atoms with van der Waals surface area (Å²) in [4.78, 5) is 0. The van der Waals surface area contributed by atoms with Crippen LogP contribution in [0.2, 0.25) is 0 Å². The lowest BCUT2D eigenvalue weighted by Crippen LogP contribution is -2.03. The van der Waals surface area contributed by atoms with Gasteiger partial charge in [-0.05, 0) is 118 Å². The molecule has 0 aliphatic rings. The Morgan fingerprint density at radius 1 is 0.286 bits per heavy atom. The van der Waals surface area contributed by atoms with E-state index >= 15 is 0 Å². The van der Waals surface area contributed by atoms with E-state index in [1.165, 1.54) is 32.7 Å². The van der Waals surface area contributed by atoms with Gasteiger partial charge in [-0.3, -0.25) is 0 Å². The Kier molecular flexibility index (Phi) is 8.34. The van der Waals surface area contributed by atoms with Crippen LogP contribution in [0.15, 0.2) is 182 Å².